The first-order valence-corrected chi connectivity index (χ1v) is 11.1. The molecule has 0 radical (unpaired) electrons. The molecule has 3 unspecified atom stereocenters. The number of benzene rings is 2. The van der Waals surface area contributed by atoms with Gasteiger partial charge in [-0.05, 0) is 61.2 Å². The Bertz CT molecular complexity index is 1050. The molecule has 0 spiro atoms. The summed E-state index contributed by atoms with van der Waals surface area (Å²) in [5.41, 5.74) is 0.994. The normalized spacial score (nSPS) is 22.5. The van der Waals surface area contributed by atoms with Crippen molar-refractivity contribution in [2.45, 2.75) is 36.8 Å². The van der Waals surface area contributed by atoms with Crippen LogP contribution in [-0.2, 0) is 14.3 Å². The fraction of sp³-hybridized carbons (Fsp3) is 0.400. The number of aromatic hydroxyl groups is 1. The highest BCUT2D eigenvalue weighted by molar-refractivity contribution is 5.98. The van der Waals surface area contributed by atoms with Gasteiger partial charge in [-0.25, -0.2) is 0 Å². The first-order chi connectivity index (χ1) is 15.8. The second-order valence-corrected chi connectivity index (χ2v) is 8.87. The fourth-order valence-electron chi connectivity index (χ4n) is 4.65. The quantitative estimate of drug-likeness (QED) is 0.594. The number of Topliss-reactive ketones (excluding diaryl/α,β-unsaturated/α-hetero) is 1. The van der Waals surface area contributed by atoms with Crippen molar-refractivity contribution in [3.05, 3.63) is 59.7 Å². The Morgan fingerprint density at radius 1 is 1.21 bits per heavy atom. The van der Waals surface area contributed by atoms with Crippen molar-refractivity contribution >= 4 is 23.3 Å². The van der Waals surface area contributed by atoms with Gasteiger partial charge in [0.15, 0.2) is 5.78 Å². The van der Waals surface area contributed by atoms with Crippen molar-refractivity contribution in [3.8, 4) is 5.75 Å². The molecule has 2 aromatic carbocycles. The van der Waals surface area contributed by atoms with E-state index in [1.165, 1.54) is 12.1 Å². The van der Waals surface area contributed by atoms with Crippen LogP contribution in [0.25, 0.3) is 0 Å². The molecule has 33 heavy (non-hydrogen) atoms. The first kappa shape index (κ1) is 22.8. The van der Waals surface area contributed by atoms with Crippen LogP contribution in [0.2, 0.25) is 0 Å². The summed E-state index contributed by atoms with van der Waals surface area (Å²) >= 11 is 0. The van der Waals surface area contributed by atoms with Gasteiger partial charge in [-0.3, -0.25) is 14.4 Å². The number of carbonyl (C=O) groups excluding carboxylic acids is 3. The zero-order valence-electron chi connectivity index (χ0n) is 18.8. The fourth-order valence-corrected chi connectivity index (χ4v) is 4.65. The average molecular weight is 452 g/mol. The lowest BCUT2D eigenvalue weighted by molar-refractivity contribution is -0.130. The molecule has 1 saturated heterocycles. The van der Waals surface area contributed by atoms with Crippen LogP contribution in [0.1, 0.15) is 41.1 Å². The number of ether oxygens (including phenoxy) is 1. The Balaban J connectivity index is 1.52. The summed E-state index contributed by atoms with van der Waals surface area (Å²) in [6, 6.07) is 13.5. The summed E-state index contributed by atoms with van der Waals surface area (Å²) in [6.07, 6.45) is 1.75. The lowest BCUT2D eigenvalue weighted by atomic mass is 9.89. The smallest absolute Gasteiger partial charge is 0.251 e. The van der Waals surface area contributed by atoms with E-state index in [1.807, 2.05) is 31.1 Å². The molecule has 2 aliphatic rings. The minimum atomic E-state index is -1.00. The Hall–Kier alpha value is -3.39. The Labute approximate surface area is 192 Å². The molecule has 1 heterocycles. The summed E-state index contributed by atoms with van der Waals surface area (Å²) in [5, 5.41) is 15.7. The van der Waals surface area contributed by atoms with Gasteiger partial charge in [0.25, 0.3) is 5.91 Å². The highest BCUT2D eigenvalue weighted by Crippen LogP contribution is 2.38. The maximum Gasteiger partial charge on any atom is 0.251 e. The standard InChI is InChI=1S/C25H29N3O5/c1-28(2)18-10-8-16(9-11-18)23(31)26-14-20(17-5-3-6-19(29)13-17)24(32)27-25-12-4-7-22(25)33-15-21(25)30/h3,5-6,8-11,13,20,22,29H,4,7,12,14-15H2,1-2H3,(H,26,31)(H,27,32). The Morgan fingerprint density at radius 3 is 2.67 bits per heavy atom. The summed E-state index contributed by atoms with van der Waals surface area (Å²) in [6.45, 7) is 0.0146. The van der Waals surface area contributed by atoms with E-state index in [0.717, 1.165) is 18.5 Å². The second kappa shape index (κ2) is 9.23. The third-order valence-corrected chi connectivity index (χ3v) is 6.55. The summed E-state index contributed by atoms with van der Waals surface area (Å²) in [7, 11) is 3.84. The van der Waals surface area contributed by atoms with Gasteiger partial charge >= 0.3 is 0 Å². The highest BCUT2D eigenvalue weighted by Gasteiger charge is 2.55. The van der Waals surface area contributed by atoms with Crippen molar-refractivity contribution in [1.82, 2.24) is 10.6 Å². The number of hydrogen-bond acceptors (Lipinski definition) is 6. The topological polar surface area (TPSA) is 108 Å². The van der Waals surface area contributed by atoms with E-state index >= 15 is 0 Å². The largest absolute Gasteiger partial charge is 0.508 e. The molecule has 1 saturated carbocycles. The van der Waals surface area contributed by atoms with Crippen molar-refractivity contribution < 1.29 is 24.2 Å². The van der Waals surface area contributed by atoms with Gasteiger partial charge in [-0.2, -0.15) is 0 Å². The van der Waals surface area contributed by atoms with Gasteiger partial charge < -0.3 is 25.4 Å². The number of amides is 2. The molecule has 174 valence electrons. The minimum Gasteiger partial charge on any atom is -0.508 e. The third-order valence-electron chi connectivity index (χ3n) is 6.55. The number of rotatable bonds is 7. The van der Waals surface area contributed by atoms with Crippen LogP contribution in [0.15, 0.2) is 48.5 Å². The van der Waals surface area contributed by atoms with E-state index in [0.29, 0.717) is 17.5 Å². The van der Waals surface area contributed by atoms with Crippen molar-refractivity contribution in [1.29, 1.82) is 0 Å². The van der Waals surface area contributed by atoms with E-state index in [9.17, 15) is 19.5 Å². The number of ketones is 1. The van der Waals surface area contributed by atoms with Gasteiger partial charge in [0.2, 0.25) is 5.91 Å². The van der Waals surface area contributed by atoms with Crippen LogP contribution in [-0.4, -0.2) is 61.6 Å². The van der Waals surface area contributed by atoms with Crippen LogP contribution < -0.4 is 15.5 Å². The summed E-state index contributed by atoms with van der Waals surface area (Å²) < 4.78 is 5.60. The number of anilines is 1. The molecule has 3 N–H and O–H groups in total. The van der Waals surface area contributed by atoms with Crippen LogP contribution in [0, 0.1) is 0 Å². The molecule has 8 nitrogen and oxygen atoms in total. The molecule has 2 amide bonds. The second-order valence-electron chi connectivity index (χ2n) is 8.87. The zero-order chi connectivity index (χ0) is 23.6. The molecule has 4 rings (SSSR count). The van der Waals surface area contributed by atoms with Crippen LogP contribution in [0.5, 0.6) is 5.75 Å². The van der Waals surface area contributed by atoms with Crippen LogP contribution in [0.3, 0.4) is 0 Å². The monoisotopic (exact) mass is 451 g/mol. The number of phenols is 1. The highest BCUT2D eigenvalue weighted by atomic mass is 16.5. The predicted molar refractivity (Wildman–Crippen MR) is 123 cm³/mol. The average Bonchev–Trinajstić information content (AvgIpc) is 3.33. The molecular formula is C25H29N3O5. The molecule has 0 aromatic heterocycles. The molecule has 2 aromatic rings. The van der Waals surface area contributed by atoms with Crippen LogP contribution >= 0.6 is 0 Å². The third kappa shape index (κ3) is 4.57. The number of fused-ring (bicyclic) bond motifs is 1. The number of nitrogens with one attached hydrogen (secondary N) is 2. The van der Waals surface area contributed by atoms with Gasteiger partial charge in [0.1, 0.15) is 17.9 Å². The lowest BCUT2D eigenvalue weighted by Crippen LogP contribution is -2.57. The lowest BCUT2D eigenvalue weighted by Gasteiger charge is -2.30. The Morgan fingerprint density at radius 2 is 1.97 bits per heavy atom. The minimum absolute atomic E-state index is 0.00141. The molecule has 0 bridgehead atoms. The van der Waals surface area contributed by atoms with Crippen LogP contribution in [0.4, 0.5) is 5.69 Å². The number of hydrogen-bond donors (Lipinski definition) is 3. The molecular weight excluding hydrogens is 422 g/mol. The van der Waals surface area contributed by atoms with E-state index in [-0.39, 0.29) is 42.6 Å². The van der Waals surface area contributed by atoms with Gasteiger partial charge in [-0.1, -0.05) is 12.1 Å². The molecule has 1 aliphatic heterocycles. The number of phenolic OH excluding ortho intramolecular Hbond substituents is 1. The van der Waals surface area contributed by atoms with E-state index in [4.69, 9.17) is 4.74 Å². The van der Waals surface area contributed by atoms with E-state index < -0.39 is 11.5 Å². The molecule has 2 fully saturated rings. The molecule has 1 aliphatic carbocycles. The summed E-state index contributed by atoms with van der Waals surface area (Å²) in [5.74, 6) is -1.57. The zero-order valence-corrected chi connectivity index (χ0v) is 18.8. The van der Waals surface area contributed by atoms with E-state index in [2.05, 4.69) is 10.6 Å². The Kier molecular flexibility index (Phi) is 6.37. The number of nitrogens with zero attached hydrogens (tertiary/aromatic N) is 1. The van der Waals surface area contributed by atoms with Crippen molar-refractivity contribution in [2.24, 2.45) is 0 Å². The van der Waals surface area contributed by atoms with Gasteiger partial charge in [-0.15, -0.1) is 0 Å². The predicted octanol–water partition coefficient (Wildman–Crippen LogP) is 1.98. The van der Waals surface area contributed by atoms with Gasteiger partial charge in [0.05, 0.1) is 12.0 Å². The van der Waals surface area contributed by atoms with Crippen molar-refractivity contribution in [2.75, 3.05) is 32.1 Å². The number of carbonyl (C=O) groups is 3. The molecule has 8 heteroatoms. The first-order valence-electron chi connectivity index (χ1n) is 11.1. The van der Waals surface area contributed by atoms with Gasteiger partial charge in [0, 0.05) is 31.9 Å². The maximum absolute atomic E-state index is 13.4. The van der Waals surface area contributed by atoms with E-state index in [1.54, 1.807) is 24.3 Å². The molecule has 3 atom stereocenters. The maximum atomic E-state index is 13.4. The summed E-state index contributed by atoms with van der Waals surface area (Å²) in [4.78, 5) is 40.7. The van der Waals surface area contributed by atoms with Crippen molar-refractivity contribution in [3.63, 3.8) is 0 Å². The SMILES string of the molecule is CN(C)c1ccc(C(=O)NCC(C(=O)NC23CCCC2OCC3=O)c2cccc(O)c2)cc1.